The molecule has 0 bridgehead atoms. The van der Waals surface area contributed by atoms with E-state index in [0.717, 1.165) is 31.2 Å². The van der Waals surface area contributed by atoms with Crippen LogP contribution in [0.15, 0.2) is 18.2 Å². The molecule has 0 unspecified atom stereocenters. The topological polar surface area (TPSA) is 77.8 Å². The van der Waals surface area contributed by atoms with Crippen LogP contribution in [0, 0.1) is 29.6 Å². The first-order valence-electron chi connectivity index (χ1n) is 9.54. The summed E-state index contributed by atoms with van der Waals surface area (Å²) < 4.78 is 0. The maximum absolute atomic E-state index is 11.4. The molecule has 4 rings (SSSR count). The molecule has 4 heteroatoms. The van der Waals surface area contributed by atoms with Crippen molar-refractivity contribution < 1.29 is 20.1 Å². The van der Waals surface area contributed by atoms with Gasteiger partial charge in [0.15, 0.2) is 0 Å². The third-order valence-corrected chi connectivity index (χ3v) is 7.71. The van der Waals surface area contributed by atoms with Crippen molar-refractivity contribution in [1.29, 1.82) is 0 Å². The van der Waals surface area contributed by atoms with Gasteiger partial charge in [0.05, 0.1) is 6.42 Å². The number of fused-ring (bicyclic) bond motifs is 5. The quantitative estimate of drug-likeness (QED) is 0.709. The van der Waals surface area contributed by atoms with Crippen LogP contribution >= 0.6 is 0 Å². The zero-order valence-electron chi connectivity index (χ0n) is 15.1. The number of phenols is 1. The lowest BCUT2D eigenvalue weighted by molar-refractivity contribution is -0.137. The number of carbonyl (C=O) groups is 1. The number of hydrogen-bond donors (Lipinski definition) is 3. The number of carboxylic acid groups (broad SMARTS) is 1. The molecule has 0 aromatic heterocycles. The molecule has 0 amide bonds. The lowest BCUT2D eigenvalue weighted by atomic mass is 9.52. The van der Waals surface area contributed by atoms with Crippen molar-refractivity contribution in [2.45, 2.75) is 62.9 Å². The molecule has 4 nitrogen and oxygen atoms in total. The summed E-state index contributed by atoms with van der Waals surface area (Å²) in [6, 6.07) is 5.43. The maximum atomic E-state index is 11.4. The third kappa shape index (κ3) is 2.30. The van der Waals surface area contributed by atoms with Crippen LogP contribution in [0.4, 0.5) is 0 Å². The number of aliphatic carboxylic acids is 1. The predicted molar refractivity (Wildman–Crippen MR) is 97.8 cm³/mol. The Bertz CT molecular complexity index is 794. The third-order valence-electron chi connectivity index (χ3n) is 7.71. The highest BCUT2D eigenvalue weighted by molar-refractivity contribution is 5.68. The minimum absolute atomic E-state index is 0.0719. The van der Waals surface area contributed by atoms with E-state index < -0.39 is 11.6 Å². The van der Waals surface area contributed by atoms with E-state index in [1.165, 1.54) is 5.56 Å². The fraction of sp³-hybridized carbons (Fsp3) is 0.591. The number of aromatic hydroxyl groups is 1. The highest BCUT2D eigenvalue weighted by Crippen LogP contribution is 2.65. The summed E-state index contributed by atoms with van der Waals surface area (Å²) in [4.78, 5) is 11.4. The van der Waals surface area contributed by atoms with Crippen LogP contribution in [0.5, 0.6) is 5.75 Å². The van der Waals surface area contributed by atoms with Gasteiger partial charge in [-0.05, 0) is 79.0 Å². The molecule has 26 heavy (non-hydrogen) atoms. The van der Waals surface area contributed by atoms with E-state index in [2.05, 4.69) is 12.8 Å². The van der Waals surface area contributed by atoms with E-state index in [9.17, 15) is 20.1 Å². The van der Waals surface area contributed by atoms with Crippen molar-refractivity contribution in [1.82, 2.24) is 0 Å². The first-order valence-corrected chi connectivity index (χ1v) is 9.54. The van der Waals surface area contributed by atoms with Gasteiger partial charge in [0, 0.05) is 5.41 Å². The van der Waals surface area contributed by atoms with E-state index in [4.69, 9.17) is 6.42 Å². The van der Waals surface area contributed by atoms with Crippen molar-refractivity contribution in [3.8, 4) is 18.1 Å². The van der Waals surface area contributed by atoms with Crippen LogP contribution < -0.4 is 0 Å². The molecule has 138 valence electrons. The van der Waals surface area contributed by atoms with E-state index in [-0.39, 0.29) is 23.5 Å². The molecule has 1 aromatic carbocycles. The molecule has 2 fully saturated rings. The fourth-order valence-corrected chi connectivity index (χ4v) is 6.37. The van der Waals surface area contributed by atoms with Crippen molar-refractivity contribution in [2.24, 2.45) is 17.3 Å². The zero-order chi connectivity index (χ0) is 18.7. The van der Waals surface area contributed by atoms with Crippen molar-refractivity contribution in [2.75, 3.05) is 0 Å². The molecule has 3 N–H and O–H groups in total. The van der Waals surface area contributed by atoms with Gasteiger partial charge in [-0.3, -0.25) is 4.79 Å². The molecular weight excluding hydrogens is 328 g/mol. The van der Waals surface area contributed by atoms with Gasteiger partial charge in [0.2, 0.25) is 0 Å². The molecular formula is C22H26O4. The lowest BCUT2D eigenvalue weighted by Gasteiger charge is -2.53. The molecule has 1 aromatic rings. The number of phenolic OH excluding ortho intramolecular Hbond substituents is 1. The minimum Gasteiger partial charge on any atom is -0.508 e. The van der Waals surface area contributed by atoms with E-state index >= 15 is 0 Å². The fourth-order valence-electron chi connectivity index (χ4n) is 6.37. The lowest BCUT2D eigenvalue weighted by Crippen LogP contribution is -2.50. The van der Waals surface area contributed by atoms with Crippen LogP contribution in [-0.4, -0.2) is 26.9 Å². The SMILES string of the molecule is C#C[C@]1(O)CC[C@H]2[C@@H]3C[C@@H](CC(=O)O)c4cc(O)ccc4[C@H]3CC[C@@]21C. The Kier molecular flexibility index (Phi) is 3.86. The van der Waals surface area contributed by atoms with Gasteiger partial charge in [0.1, 0.15) is 11.4 Å². The van der Waals surface area contributed by atoms with Gasteiger partial charge in [0.25, 0.3) is 0 Å². The summed E-state index contributed by atoms with van der Waals surface area (Å²) in [7, 11) is 0. The summed E-state index contributed by atoms with van der Waals surface area (Å²) in [5.41, 5.74) is 0.816. The standard InChI is InChI=1S/C22H26O4/c1-3-22(26)9-7-19-18-10-13(11-20(24)25)17-12-14(23)4-5-15(17)16(18)6-8-21(19,22)2/h1,4-5,12-13,16,18-19,23,26H,6-11H2,2H3,(H,24,25)/t13-,16+,18+,19-,21-,22-/m0/s1. The van der Waals surface area contributed by atoms with Crippen LogP contribution in [0.2, 0.25) is 0 Å². The summed E-state index contributed by atoms with van der Waals surface area (Å²) in [6.07, 6.45) is 9.91. The Hall–Kier alpha value is -1.99. The minimum atomic E-state index is -1.06. The summed E-state index contributed by atoms with van der Waals surface area (Å²) in [6.45, 7) is 2.12. The number of terminal acetylenes is 1. The first-order chi connectivity index (χ1) is 12.3. The Balaban J connectivity index is 1.76. The number of carboxylic acids is 1. The van der Waals surface area contributed by atoms with Crippen molar-refractivity contribution >= 4 is 5.97 Å². The van der Waals surface area contributed by atoms with E-state index in [0.29, 0.717) is 24.2 Å². The Morgan fingerprint density at radius 2 is 2.08 bits per heavy atom. The molecule has 0 saturated heterocycles. The number of hydrogen-bond acceptors (Lipinski definition) is 3. The van der Waals surface area contributed by atoms with E-state index in [1.807, 2.05) is 6.07 Å². The van der Waals surface area contributed by atoms with Crippen LogP contribution in [0.1, 0.15) is 68.4 Å². The second kappa shape index (κ2) is 5.76. The number of rotatable bonds is 2. The summed E-state index contributed by atoms with van der Waals surface area (Å²) in [5, 5.41) is 30.3. The van der Waals surface area contributed by atoms with Crippen LogP contribution in [0.3, 0.4) is 0 Å². The second-order valence-electron chi connectivity index (χ2n) is 8.72. The van der Waals surface area contributed by atoms with Gasteiger partial charge >= 0.3 is 5.97 Å². The Labute approximate surface area is 154 Å². The first kappa shape index (κ1) is 17.4. The molecule has 3 aliphatic rings. The van der Waals surface area contributed by atoms with E-state index in [1.54, 1.807) is 12.1 Å². The molecule has 0 aliphatic heterocycles. The van der Waals surface area contributed by atoms with Gasteiger partial charge < -0.3 is 15.3 Å². The van der Waals surface area contributed by atoms with Crippen LogP contribution in [-0.2, 0) is 4.79 Å². The largest absolute Gasteiger partial charge is 0.508 e. The summed E-state index contributed by atoms with van der Waals surface area (Å²) in [5.74, 6) is 2.95. The van der Waals surface area contributed by atoms with Crippen molar-refractivity contribution in [3.05, 3.63) is 29.3 Å². The Morgan fingerprint density at radius 3 is 2.77 bits per heavy atom. The molecule has 3 aliphatic carbocycles. The molecule has 0 radical (unpaired) electrons. The molecule has 0 spiro atoms. The molecule has 0 heterocycles. The zero-order valence-corrected chi connectivity index (χ0v) is 15.1. The van der Waals surface area contributed by atoms with Crippen LogP contribution in [0.25, 0.3) is 0 Å². The van der Waals surface area contributed by atoms with Gasteiger partial charge in [-0.2, -0.15) is 0 Å². The average Bonchev–Trinajstić information content (AvgIpc) is 2.87. The maximum Gasteiger partial charge on any atom is 0.303 e. The average molecular weight is 354 g/mol. The monoisotopic (exact) mass is 354 g/mol. The highest BCUT2D eigenvalue weighted by Gasteiger charge is 2.61. The molecule has 6 atom stereocenters. The smallest absolute Gasteiger partial charge is 0.303 e. The highest BCUT2D eigenvalue weighted by atomic mass is 16.4. The summed E-state index contributed by atoms with van der Waals surface area (Å²) >= 11 is 0. The second-order valence-corrected chi connectivity index (χ2v) is 8.72. The van der Waals surface area contributed by atoms with Crippen molar-refractivity contribution in [3.63, 3.8) is 0 Å². The predicted octanol–water partition coefficient (Wildman–Crippen LogP) is 3.63. The number of benzene rings is 1. The normalized spacial score (nSPS) is 40.8. The Morgan fingerprint density at radius 1 is 1.31 bits per heavy atom. The number of aliphatic hydroxyl groups is 1. The molecule has 2 saturated carbocycles. The van der Waals surface area contributed by atoms with Gasteiger partial charge in [-0.15, -0.1) is 6.42 Å². The van der Waals surface area contributed by atoms with Gasteiger partial charge in [-0.1, -0.05) is 18.9 Å². The van der Waals surface area contributed by atoms with Gasteiger partial charge in [-0.25, -0.2) is 0 Å².